The van der Waals surface area contributed by atoms with E-state index < -0.39 is 5.91 Å². The predicted molar refractivity (Wildman–Crippen MR) is 104 cm³/mol. The van der Waals surface area contributed by atoms with Crippen molar-refractivity contribution in [3.63, 3.8) is 0 Å². The van der Waals surface area contributed by atoms with E-state index in [1.807, 2.05) is 13.8 Å². The number of anilines is 2. The van der Waals surface area contributed by atoms with E-state index in [-0.39, 0.29) is 16.5 Å². The minimum absolute atomic E-state index is 0.0841. The van der Waals surface area contributed by atoms with Gasteiger partial charge in [0.05, 0.1) is 23.4 Å². The Balaban J connectivity index is 2.27. The van der Waals surface area contributed by atoms with Gasteiger partial charge in [0.25, 0.3) is 11.8 Å². The van der Waals surface area contributed by atoms with E-state index in [1.54, 1.807) is 29.2 Å². The second-order valence-electron chi connectivity index (χ2n) is 5.59. The summed E-state index contributed by atoms with van der Waals surface area (Å²) in [5, 5.41) is 3.03. The molecule has 0 saturated carbocycles. The number of halogens is 1. The molecule has 0 saturated heterocycles. The summed E-state index contributed by atoms with van der Waals surface area (Å²) in [5.41, 5.74) is 7.33. The molecule has 2 amide bonds. The first kappa shape index (κ1) is 19.6. The molecule has 0 radical (unpaired) electrons. The number of hydrogen-bond acceptors (Lipinski definition) is 4. The Kier molecular flexibility index (Phi) is 6.46. The number of nitrogens with zero attached hydrogens (tertiary/aromatic N) is 1. The molecular weight excluding hydrogens is 354 g/mol. The van der Waals surface area contributed by atoms with E-state index in [2.05, 4.69) is 5.32 Å². The Bertz CT molecular complexity index is 820. The van der Waals surface area contributed by atoms with Crippen LogP contribution in [-0.2, 0) is 0 Å². The molecule has 0 aliphatic heterocycles. The summed E-state index contributed by atoms with van der Waals surface area (Å²) in [4.78, 5) is 26.8. The highest BCUT2D eigenvalue weighted by Gasteiger charge is 2.17. The summed E-state index contributed by atoms with van der Waals surface area (Å²) in [6.45, 7) is 5.08. The van der Waals surface area contributed by atoms with Crippen molar-refractivity contribution in [3.05, 3.63) is 52.5 Å². The molecule has 3 N–H and O–H groups in total. The van der Waals surface area contributed by atoms with Gasteiger partial charge in [0.1, 0.15) is 5.75 Å². The fourth-order valence-corrected chi connectivity index (χ4v) is 2.70. The quantitative estimate of drug-likeness (QED) is 0.754. The normalized spacial score (nSPS) is 10.3. The first-order valence-electron chi connectivity index (χ1n) is 8.24. The molecule has 0 aliphatic rings. The maximum absolute atomic E-state index is 12.6. The molecule has 6 nitrogen and oxygen atoms in total. The van der Waals surface area contributed by atoms with Crippen LogP contribution < -0.4 is 15.8 Å². The molecule has 0 bridgehead atoms. The Hall–Kier alpha value is -2.73. The van der Waals surface area contributed by atoms with Gasteiger partial charge < -0.3 is 20.7 Å². The summed E-state index contributed by atoms with van der Waals surface area (Å²) >= 11 is 6.01. The molecule has 26 heavy (non-hydrogen) atoms. The van der Waals surface area contributed by atoms with Crippen LogP contribution in [0.4, 0.5) is 11.4 Å². The first-order chi connectivity index (χ1) is 12.4. The lowest BCUT2D eigenvalue weighted by molar-refractivity contribution is 0.0772. The molecular formula is C19H22ClN3O3. The Morgan fingerprint density at radius 3 is 2.50 bits per heavy atom. The number of nitrogens with two attached hydrogens (primary N) is 1. The topological polar surface area (TPSA) is 84.7 Å². The van der Waals surface area contributed by atoms with E-state index in [9.17, 15) is 9.59 Å². The van der Waals surface area contributed by atoms with Crippen LogP contribution in [0.3, 0.4) is 0 Å². The molecule has 2 aromatic rings. The molecule has 0 aliphatic carbocycles. The van der Waals surface area contributed by atoms with Crippen LogP contribution in [0.15, 0.2) is 36.4 Å². The maximum atomic E-state index is 12.6. The number of hydrogen-bond donors (Lipinski definition) is 2. The van der Waals surface area contributed by atoms with Gasteiger partial charge in [-0.15, -0.1) is 0 Å². The number of rotatable bonds is 6. The van der Waals surface area contributed by atoms with Crippen molar-refractivity contribution in [2.45, 2.75) is 13.8 Å². The van der Waals surface area contributed by atoms with Crippen LogP contribution in [-0.4, -0.2) is 36.9 Å². The third-order valence-corrected chi connectivity index (χ3v) is 4.31. The van der Waals surface area contributed by atoms with Crippen LogP contribution in [0.25, 0.3) is 0 Å². The molecule has 0 heterocycles. The van der Waals surface area contributed by atoms with Crippen molar-refractivity contribution in [1.82, 2.24) is 4.90 Å². The summed E-state index contributed by atoms with van der Waals surface area (Å²) in [7, 11) is 1.45. The molecule has 0 fully saturated rings. The number of benzene rings is 2. The maximum Gasteiger partial charge on any atom is 0.259 e. The summed E-state index contributed by atoms with van der Waals surface area (Å²) in [5.74, 6) is -0.171. The zero-order valence-corrected chi connectivity index (χ0v) is 15.8. The van der Waals surface area contributed by atoms with E-state index in [0.717, 1.165) is 0 Å². The van der Waals surface area contributed by atoms with Crippen molar-refractivity contribution in [2.75, 3.05) is 31.2 Å². The monoisotopic (exact) mass is 375 g/mol. The van der Waals surface area contributed by atoms with Gasteiger partial charge in [-0.05, 0) is 38.1 Å². The van der Waals surface area contributed by atoms with E-state index in [0.29, 0.717) is 35.8 Å². The third kappa shape index (κ3) is 4.26. The summed E-state index contributed by atoms with van der Waals surface area (Å²) in [6.07, 6.45) is 0. The third-order valence-electron chi connectivity index (χ3n) is 3.98. The zero-order valence-electron chi connectivity index (χ0n) is 15.0. The van der Waals surface area contributed by atoms with Crippen LogP contribution in [0.5, 0.6) is 5.75 Å². The van der Waals surface area contributed by atoms with Gasteiger partial charge in [-0.3, -0.25) is 9.59 Å². The van der Waals surface area contributed by atoms with Crippen molar-refractivity contribution in [1.29, 1.82) is 0 Å². The van der Waals surface area contributed by atoms with E-state index in [4.69, 9.17) is 22.1 Å². The second kappa shape index (κ2) is 8.58. The van der Waals surface area contributed by atoms with Gasteiger partial charge in [-0.25, -0.2) is 0 Å². The summed E-state index contributed by atoms with van der Waals surface area (Å²) < 4.78 is 5.20. The highest BCUT2D eigenvalue weighted by molar-refractivity contribution is 6.33. The number of nitrogen functional groups attached to an aromatic ring is 1. The van der Waals surface area contributed by atoms with Crippen molar-refractivity contribution >= 4 is 34.8 Å². The molecule has 2 aromatic carbocycles. The number of amides is 2. The average Bonchev–Trinajstić information content (AvgIpc) is 2.64. The van der Waals surface area contributed by atoms with Gasteiger partial charge in [-0.2, -0.15) is 0 Å². The Labute approximate surface area is 157 Å². The molecule has 0 unspecified atom stereocenters. The predicted octanol–water partition coefficient (Wildman–Crippen LogP) is 3.67. The van der Waals surface area contributed by atoms with Crippen molar-refractivity contribution in [3.8, 4) is 5.75 Å². The van der Waals surface area contributed by atoms with E-state index >= 15 is 0 Å². The highest BCUT2D eigenvalue weighted by atomic mass is 35.5. The fourth-order valence-electron chi connectivity index (χ4n) is 2.54. The van der Waals surface area contributed by atoms with Crippen LogP contribution in [0.1, 0.15) is 34.6 Å². The number of methoxy groups -OCH3 is 1. The largest absolute Gasteiger partial charge is 0.496 e. The van der Waals surface area contributed by atoms with Crippen molar-refractivity contribution < 1.29 is 14.3 Å². The number of ether oxygens (including phenoxy) is 1. The fraction of sp³-hybridized carbons (Fsp3) is 0.263. The zero-order chi connectivity index (χ0) is 19.3. The van der Waals surface area contributed by atoms with E-state index in [1.165, 1.54) is 19.2 Å². The highest BCUT2D eigenvalue weighted by Crippen LogP contribution is 2.29. The van der Waals surface area contributed by atoms with Gasteiger partial charge >= 0.3 is 0 Å². The lowest BCUT2D eigenvalue weighted by atomic mass is 10.1. The Morgan fingerprint density at radius 1 is 1.19 bits per heavy atom. The molecule has 0 aromatic heterocycles. The lowest BCUT2D eigenvalue weighted by Crippen LogP contribution is -2.30. The van der Waals surface area contributed by atoms with Crippen LogP contribution >= 0.6 is 11.6 Å². The van der Waals surface area contributed by atoms with Gasteiger partial charge in [0.2, 0.25) is 0 Å². The second-order valence-corrected chi connectivity index (χ2v) is 5.99. The average molecular weight is 376 g/mol. The summed E-state index contributed by atoms with van der Waals surface area (Å²) in [6, 6.07) is 9.75. The van der Waals surface area contributed by atoms with Crippen LogP contribution in [0, 0.1) is 0 Å². The minimum Gasteiger partial charge on any atom is -0.496 e. The Morgan fingerprint density at radius 2 is 1.88 bits per heavy atom. The van der Waals surface area contributed by atoms with Crippen LogP contribution in [0.2, 0.25) is 5.02 Å². The molecule has 0 spiro atoms. The molecule has 2 rings (SSSR count). The number of carbonyl (C=O) groups is 2. The lowest BCUT2D eigenvalue weighted by Gasteiger charge is -2.19. The minimum atomic E-state index is -0.406. The van der Waals surface area contributed by atoms with Gasteiger partial charge in [0, 0.05) is 30.4 Å². The van der Waals surface area contributed by atoms with Gasteiger partial charge in [-0.1, -0.05) is 17.7 Å². The van der Waals surface area contributed by atoms with Crippen molar-refractivity contribution in [2.24, 2.45) is 0 Å². The number of carbonyl (C=O) groups excluding carboxylic acids is 2. The smallest absolute Gasteiger partial charge is 0.259 e. The molecule has 0 atom stereocenters. The number of nitrogens with one attached hydrogen (secondary N) is 1. The SMILES string of the molecule is CCN(CC)C(=O)c1cccc(NC(=O)c2cc(Cl)c(N)cc2OC)c1. The standard InChI is InChI=1S/C19H22ClN3O3/c1-4-23(5-2)19(25)12-7-6-8-13(9-12)22-18(24)14-10-15(20)16(21)11-17(14)26-3/h6-11H,4-5,21H2,1-3H3,(H,22,24). The molecule has 138 valence electrons. The van der Waals surface area contributed by atoms with Gasteiger partial charge in [0.15, 0.2) is 0 Å². The first-order valence-corrected chi connectivity index (χ1v) is 8.62. The molecule has 7 heteroatoms.